The number of aromatic nitrogens is 1. The lowest BCUT2D eigenvalue weighted by atomic mass is 9.90. The number of carbonyl (C=O) groups excluding carboxylic acids is 3. The van der Waals surface area contributed by atoms with Crippen molar-refractivity contribution < 1.29 is 19.1 Å². The molecule has 9 nitrogen and oxygen atoms in total. The molecule has 3 atom stereocenters. The van der Waals surface area contributed by atoms with Gasteiger partial charge in [-0.15, -0.1) is 0 Å². The number of aromatic amines is 1. The molecule has 3 amide bonds. The third-order valence-corrected chi connectivity index (χ3v) is 7.27. The van der Waals surface area contributed by atoms with E-state index in [2.05, 4.69) is 21.7 Å². The van der Waals surface area contributed by atoms with Crippen LogP contribution >= 0.6 is 0 Å². The second-order valence-electron chi connectivity index (χ2n) is 9.66. The zero-order chi connectivity index (χ0) is 26.1. The second kappa shape index (κ2) is 9.97. The van der Waals surface area contributed by atoms with E-state index >= 15 is 0 Å². The number of methoxy groups -OCH3 is 1. The van der Waals surface area contributed by atoms with Gasteiger partial charge in [0, 0.05) is 29.9 Å². The predicted octanol–water partition coefficient (Wildman–Crippen LogP) is 2.76. The minimum Gasteiger partial charge on any atom is -0.496 e. The van der Waals surface area contributed by atoms with Crippen molar-refractivity contribution in [1.29, 1.82) is 5.26 Å². The Balaban J connectivity index is 1.46. The third kappa shape index (κ3) is 4.62. The van der Waals surface area contributed by atoms with E-state index in [1.807, 2.05) is 43.3 Å². The SMILES string of the molecule is COc1cccc2[nH]c(C(=O)N3CCc4cc(C)ccc4C3C(=O)N[C@H](C#N)C[C@@H]3CCNC3=O)cc12. The summed E-state index contributed by atoms with van der Waals surface area (Å²) in [7, 11) is 1.58. The fraction of sp³-hybridized carbons (Fsp3) is 0.357. The van der Waals surface area contributed by atoms with Crippen molar-refractivity contribution in [3.8, 4) is 11.8 Å². The van der Waals surface area contributed by atoms with Crippen molar-refractivity contribution in [2.24, 2.45) is 5.92 Å². The number of aryl methyl sites for hydroxylation is 1. The molecule has 3 heterocycles. The standard InChI is InChI=1S/C28H29N5O4/c1-16-6-7-20-17(12-16)9-11-33(28(36)23-14-21-22(32-23)4-3-5-24(21)37-2)25(20)27(35)31-19(15-29)13-18-8-10-30-26(18)34/h3-7,12,14,18-19,25,32H,8-11,13H2,1-2H3,(H,30,34)(H,31,35)/t18-,19-,25?/m0/s1. The average Bonchev–Trinajstić information content (AvgIpc) is 3.52. The molecule has 3 N–H and O–H groups in total. The number of nitrogens with one attached hydrogen (secondary N) is 3. The molecule has 5 rings (SSSR count). The summed E-state index contributed by atoms with van der Waals surface area (Å²) in [5.74, 6) is -0.510. The van der Waals surface area contributed by atoms with Gasteiger partial charge in [0.05, 0.1) is 13.2 Å². The zero-order valence-corrected chi connectivity index (χ0v) is 20.8. The average molecular weight is 500 g/mol. The van der Waals surface area contributed by atoms with Crippen LogP contribution in [0.2, 0.25) is 0 Å². The molecule has 0 spiro atoms. The normalized spacial score (nSPS) is 19.6. The molecule has 2 aromatic carbocycles. The highest BCUT2D eigenvalue weighted by Gasteiger charge is 2.38. The first-order chi connectivity index (χ1) is 17.9. The van der Waals surface area contributed by atoms with Gasteiger partial charge in [0.2, 0.25) is 11.8 Å². The van der Waals surface area contributed by atoms with Gasteiger partial charge in [-0.25, -0.2) is 0 Å². The van der Waals surface area contributed by atoms with E-state index in [9.17, 15) is 19.6 Å². The Hall–Kier alpha value is -4.32. The number of ether oxygens (including phenoxy) is 1. The molecule has 190 valence electrons. The molecule has 0 saturated carbocycles. The summed E-state index contributed by atoms with van der Waals surface area (Å²) in [6.45, 7) is 2.91. The van der Waals surface area contributed by atoms with Gasteiger partial charge in [0.1, 0.15) is 23.5 Å². The molecule has 3 aromatic rings. The minimum atomic E-state index is -0.904. The molecule has 0 aliphatic carbocycles. The van der Waals surface area contributed by atoms with Crippen molar-refractivity contribution in [3.63, 3.8) is 0 Å². The van der Waals surface area contributed by atoms with Crippen molar-refractivity contribution in [2.45, 2.75) is 38.3 Å². The number of nitriles is 1. The zero-order valence-electron chi connectivity index (χ0n) is 20.8. The molecule has 1 unspecified atom stereocenters. The first kappa shape index (κ1) is 24.4. The van der Waals surface area contributed by atoms with E-state index in [1.165, 1.54) is 0 Å². The lowest BCUT2D eigenvalue weighted by molar-refractivity contribution is -0.127. The monoisotopic (exact) mass is 499 g/mol. The van der Waals surface area contributed by atoms with Crippen LogP contribution in [0.25, 0.3) is 10.9 Å². The number of nitrogens with zero attached hydrogens (tertiary/aromatic N) is 2. The van der Waals surface area contributed by atoms with Crippen LogP contribution in [-0.2, 0) is 16.0 Å². The number of fused-ring (bicyclic) bond motifs is 2. The van der Waals surface area contributed by atoms with Gasteiger partial charge in [-0.05, 0) is 55.5 Å². The first-order valence-electron chi connectivity index (χ1n) is 12.4. The van der Waals surface area contributed by atoms with Crippen molar-refractivity contribution in [1.82, 2.24) is 20.5 Å². The van der Waals surface area contributed by atoms with Crippen LogP contribution < -0.4 is 15.4 Å². The molecule has 0 radical (unpaired) electrons. The van der Waals surface area contributed by atoms with Crippen LogP contribution in [0, 0.1) is 24.2 Å². The number of benzene rings is 2. The molecule has 0 bridgehead atoms. The Kier molecular flexibility index (Phi) is 6.57. The van der Waals surface area contributed by atoms with Gasteiger partial charge >= 0.3 is 0 Å². The molecule has 1 fully saturated rings. The lowest BCUT2D eigenvalue weighted by Gasteiger charge is -2.36. The van der Waals surface area contributed by atoms with Crippen LogP contribution in [0.4, 0.5) is 0 Å². The predicted molar refractivity (Wildman–Crippen MR) is 137 cm³/mol. The Bertz CT molecular complexity index is 1420. The van der Waals surface area contributed by atoms with E-state index < -0.39 is 18.0 Å². The van der Waals surface area contributed by atoms with E-state index in [1.54, 1.807) is 18.1 Å². The van der Waals surface area contributed by atoms with Gasteiger partial charge in [-0.3, -0.25) is 14.4 Å². The molecule has 1 aromatic heterocycles. The van der Waals surface area contributed by atoms with Gasteiger partial charge in [-0.2, -0.15) is 5.26 Å². The summed E-state index contributed by atoms with van der Waals surface area (Å²) in [5, 5.41) is 16.1. The summed E-state index contributed by atoms with van der Waals surface area (Å²) in [5.41, 5.74) is 3.93. The Morgan fingerprint density at radius 3 is 2.84 bits per heavy atom. The number of hydrogen-bond donors (Lipinski definition) is 3. The van der Waals surface area contributed by atoms with Gasteiger partial charge in [0.15, 0.2) is 0 Å². The molecule has 37 heavy (non-hydrogen) atoms. The topological polar surface area (TPSA) is 127 Å². The van der Waals surface area contributed by atoms with Crippen LogP contribution in [0.1, 0.15) is 46.1 Å². The molecule has 9 heteroatoms. The maximum Gasteiger partial charge on any atom is 0.271 e. The maximum absolute atomic E-state index is 13.8. The summed E-state index contributed by atoms with van der Waals surface area (Å²) < 4.78 is 5.43. The first-order valence-corrected chi connectivity index (χ1v) is 12.4. The Morgan fingerprint density at radius 2 is 2.11 bits per heavy atom. The van der Waals surface area contributed by atoms with E-state index in [4.69, 9.17) is 4.74 Å². The highest BCUT2D eigenvalue weighted by Crippen LogP contribution is 2.33. The maximum atomic E-state index is 13.8. The summed E-state index contributed by atoms with van der Waals surface area (Å²) in [6.07, 6.45) is 1.48. The number of rotatable bonds is 6. The smallest absolute Gasteiger partial charge is 0.271 e. The van der Waals surface area contributed by atoms with Crippen LogP contribution in [0.3, 0.4) is 0 Å². The van der Waals surface area contributed by atoms with E-state index in [-0.39, 0.29) is 24.2 Å². The third-order valence-electron chi connectivity index (χ3n) is 7.27. The minimum absolute atomic E-state index is 0.0981. The van der Waals surface area contributed by atoms with Crippen molar-refractivity contribution in [2.75, 3.05) is 20.2 Å². The van der Waals surface area contributed by atoms with E-state index in [0.29, 0.717) is 37.4 Å². The largest absolute Gasteiger partial charge is 0.496 e. The number of amides is 3. The highest BCUT2D eigenvalue weighted by molar-refractivity contribution is 6.02. The Morgan fingerprint density at radius 1 is 1.27 bits per heavy atom. The van der Waals surface area contributed by atoms with E-state index in [0.717, 1.165) is 27.6 Å². The molecular formula is C28H29N5O4. The number of hydrogen-bond acceptors (Lipinski definition) is 5. The van der Waals surface area contributed by atoms with Crippen molar-refractivity contribution in [3.05, 3.63) is 64.8 Å². The van der Waals surface area contributed by atoms with Gasteiger partial charge in [-0.1, -0.05) is 29.8 Å². The second-order valence-corrected chi connectivity index (χ2v) is 9.66. The molecule has 2 aliphatic heterocycles. The van der Waals surface area contributed by atoms with Crippen molar-refractivity contribution >= 4 is 28.6 Å². The van der Waals surface area contributed by atoms with Crippen LogP contribution in [0.15, 0.2) is 42.5 Å². The highest BCUT2D eigenvalue weighted by atomic mass is 16.5. The number of carbonyl (C=O) groups is 3. The molecular weight excluding hydrogens is 470 g/mol. The lowest BCUT2D eigenvalue weighted by Crippen LogP contribution is -2.49. The van der Waals surface area contributed by atoms with Gasteiger partial charge in [0.25, 0.3) is 5.91 Å². The summed E-state index contributed by atoms with van der Waals surface area (Å²) in [4.78, 5) is 44.2. The molecule has 1 saturated heterocycles. The summed E-state index contributed by atoms with van der Waals surface area (Å²) >= 11 is 0. The van der Waals surface area contributed by atoms with Gasteiger partial charge < -0.3 is 25.3 Å². The van der Waals surface area contributed by atoms with Crippen LogP contribution in [-0.4, -0.2) is 53.8 Å². The number of H-pyrrole nitrogens is 1. The van der Waals surface area contributed by atoms with Crippen LogP contribution in [0.5, 0.6) is 5.75 Å². The quantitative estimate of drug-likeness (QED) is 0.481. The fourth-order valence-corrected chi connectivity index (χ4v) is 5.38. The molecule has 2 aliphatic rings. The Labute approximate surface area is 214 Å². The summed E-state index contributed by atoms with van der Waals surface area (Å²) in [6, 6.07) is 13.5. The fourth-order valence-electron chi connectivity index (χ4n) is 5.38.